The monoisotopic (exact) mass is 340 g/mol. The van der Waals surface area contributed by atoms with E-state index in [-0.39, 0.29) is 5.92 Å². The molecule has 1 N–H and O–H groups in total. The van der Waals surface area contributed by atoms with E-state index in [0.717, 1.165) is 36.3 Å². The van der Waals surface area contributed by atoms with Crippen LogP contribution in [0.2, 0.25) is 0 Å². The lowest BCUT2D eigenvalue weighted by molar-refractivity contribution is 0.275. The molecule has 0 spiro atoms. The second-order valence-corrected chi connectivity index (χ2v) is 7.80. The Morgan fingerprint density at radius 1 is 1.16 bits per heavy atom. The Kier molecular flexibility index (Phi) is 5.88. The third kappa shape index (κ3) is 4.11. The van der Waals surface area contributed by atoms with E-state index in [2.05, 4.69) is 32.6 Å². The van der Waals surface area contributed by atoms with Crippen LogP contribution >= 0.6 is 0 Å². The van der Waals surface area contributed by atoms with Crippen LogP contribution < -0.4 is 4.74 Å². The van der Waals surface area contributed by atoms with Crippen LogP contribution in [0.1, 0.15) is 82.3 Å². The Balaban J connectivity index is 1.72. The molecule has 0 aromatic heterocycles. The van der Waals surface area contributed by atoms with E-state index in [1.807, 2.05) is 6.07 Å². The lowest BCUT2D eigenvalue weighted by atomic mass is 9.74. The van der Waals surface area contributed by atoms with E-state index >= 15 is 0 Å². The molecule has 0 saturated heterocycles. The van der Waals surface area contributed by atoms with Crippen molar-refractivity contribution >= 4 is 0 Å². The van der Waals surface area contributed by atoms with E-state index < -0.39 is 0 Å². The zero-order chi connectivity index (χ0) is 17.8. The highest BCUT2D eigenvalue weighted by molar-refractivity contribution is 5.54. The number of aromatic hydroxyl groups is 1. The minimum absolute atomic E-state index is 0.216. The van der Waals surface area contributed by atoms with Gasteiger partial charge in [-0.05, 0) is 50.3 Å². The molecule has 1 heterocycles. The number of unbranched alkanes of at least 4 members (excludes halogenated alkanes) is 5. The number of phenolic OH excluding ortho intramolecular Hbond substituents is 1. The molecule has 2 nitrogen and oxygen atoms in total. The van der Waals surface area contributed by atoms with Crippen LogP contribution in [0.5, 0.6) is 11.5 Å². The van der Waals surface area contributed by atoms with Crippen molar-refractivity contribution in [2.24, 2.45) is 5.92 Å². The molecule has 1 aromatic rings. The Bertz CT molecular complexity index is 656. The molecule has 2 aliphatic rings. The normalized spacial score (nSPS) is 22.0. The molecule has 2 heteroatoms. The molecule has 0 radical (unpaired) electrons. The van der Waals surface area contributed by atoms with Gasteiger partial charge in [-0.15, -0.1) is 0 Å². The highest BCUT2D eigenvalue weighted by atomic mass is 16.5. The average Bonchev–Trinajstić information content (AvgIpc) is 2.57. The van der Waals surface area contributed by atoms with Crippen LogP contribution in [0, 0.1) is 5.92 Å². The zero-order valence-corrected chi connectivity index (χ0v) is 15.8. The number of hydrogen-bond acceptors (Lipinski definition) is 2. The summed E-state index contributed by atoms with van der Waals surface area (Å²) >= 11 is 0. The summed E-state index contributed by atoms with van der Waals surface area (Å²) in [5, 5.41) is 10.7. The molecule has 0 fully saturated rings. The minimum atomic E-state index is 0.216. The quantitative estimate of drug-likeness (QED) is 0.445. The molecular weight excluding hydrogens is 308 g/mol. The Morgan fingerprint density at radius 3 is 2.72 bits per heavy atom. The molecule has 1 aliphatic carbocycles. The number of rotatable bonds is 7. The molecule has 1 unspecified atom stereocenters. The molecule has 1 aromatic carbocycles. The molecule has 25 heavy (non-hydrogen) atoms. The molecule has 1 aliphatic heterocycles. The van der Waals surface area contributed by atoms with Crippen molar-refractivity contribution in [2.75, 3.05) is 0 Å². The summed E-state index contributed by atoms with van der Waals surface area (Å²) in [6.45, 7) is 8.58. The van der Waals surface area contributed by atoms with Crippen LogP contribution in [0.15, 0.2) is 36.1 Å². The predicted octanol–water partition coefficient (Wildman–Crippen LogP) is 6.64. The Hall–Kier alpha value is -1.70. The molecular formula is C23H32O2. The van der Waals surface area contributed by atoms with Crippen molar-refractivity contribution < 1.29 is 9.84 Å². The summed E-state index contributed by atoms with van der Waals surface area (Å²) < 4.78 is 6.03. The third-order valence-corrected chi connectivity index (χ3v) is 5.73. The van der Waals surface area contributed by atoms with Crippen molar-refractivity contribution in [2.45, 2.75) is 77.6 Å². The van der Waals surface area contributed by atoms with Gasteiger partial charge in [-0.2, -0.15) is 0 Å². The van der Waals surface area contributed by atoms with E-state index in [1.54, 1.807) is 0 Å². The molecule has 0 amide bonds. The van der Waals surface area contributed by atoms with E-state index in [9.17, 15) is 5.11 Å². The van der Waals surface area contributed by atoms with Crippen molar-refractivity contribution in [3.05, 3.63) is 47.2 Å². The first-order valence-electron chi connectivity index (χ1n) is 10.00. The van der Waals surface area contributed by atoms with Gasteiger partial charge in [-0.25, -0.2) is 0 Å². The van der Waals surface area contributed by atoms with E-state index in [4.69, 9.17) is 4.74 Å². The number of allylic oxidation sites excluding steroid dienone is 3. The largest absolute Gasteiger partial charge is 0.507 e. The van der Waals surface area contributed by atoms with Gasteiger partial charge in [0.25, 0.3) is 0 Å². The zero-order valence-electron chi connectivity index (χ0n) is 15.8. The second-order valence-electron chi connectivity index (χ2n) is 7.80. The fraction of sp³-hybridized carbons (Fsp3) is 0.565. The summed E-state index contributed by atoms with van der Waals surface area (Å²) in [4.78, 5) is 0. The van der Waals surface area contributed by atoms with Gasteiger partial charge in [0.05, 0.1) is 0 Å². The maximum atomic E-state index is 10.7. The van der Waals surface area contributed by atoms with Crippen LogP contribution in [0.25, 0.3) is 0 Å². The topological polar surface area (TPSA) is 29.5 Å². The first-order valence-corrected chi connectivity index (χ1v) is 10.00. The number of fused-ring (bicyclic) bond motifs is 3. The number of benzene rings is 1. The lowest BCUT2D eigenvalue weighted by Gasteiger charge is -2.37. The summed E-state index contributed by atoms with van der Waals surface area (Å²) in [7, 11) is 0. The second kappa shape index (κ2) is 8.12. The van der Waals surface area contributed by atoms with Gasteiger partial charge in [0, 0.05) is 17.4 Å². The van der Waals surface area contributed by atoms with Gasteiger partial charge in [0.1, 0.15) is 17.3 Å². The number of ether oxygens (including phenoxy) is 1. The van der Waals surface area contributed by atoms with Gasteiger partial charge < -0.3 is 9.84 Å². The summed E-state index contributed by atoms with van der Waals surface area (Å²) in [5.74, 6) is 2.59. The van der Waals surface area contributed by atoms with Crippen LogP contribution in [0.4, 0.5) is 0 Å². The van der Waals surface area contributed by atoms with Crippen molar-refractivity contribution in [3.63, 3.8) is 0 Å². The first-order chi connectivity index (χ1) is 12.1. The van der Waals surface area contributed by atoms with Gasteiger partial charge in [-0.1, -0.05) is 57.3 Å². The van der Waals surface area contributed by atoms with Gasteiger partial charge >= 0.3 is 0 Å². The van der Waals surface area contributed by atoms with Crippen LogP contribution in [0.3, 0.4) is 0 Å². The SMILES string of the molecule is C=C1Oc2cc(CCCCCCCC)cc(O)c2C2C=C(C)CC[C@@H]12. The molecule has 2 atom stereocenters. The van der Waals surface area contributed by atoms with Crippen molar-refractivity contribution in [1.29, 1.82) is 0 Å². The van der Waals surface area contributed by atoms with Crippen molar-refractivity contribution in [1.82, 2.24) is 0 Å². The average molecular weight is 341 g/mol. The summed E-state index contributed by atoms with van der Waals surface area (Å²) in [5.41, 5.74) is 3.54. The number of hydrogen-bond donors (Lipinski definition) is 1. The summed E-state index contributed by atoms with van der Waals surface area (Å²) in [6.07, 6.45) is 13.2. The smallest absolute Gasteiger partial charge is 0.134 e. The van der Waals surface area contributed by atoms with Crippen LogP contribution in [-0.2, 0) is 6.42 Å². The number of aryl methyl sites for hydroxylation is 1. The standard InChI is InChI=1S/C23H32O2/c1-4-5-6-7-8-9-10-18-14-21(24)23-20-13-16(2)11-12-19(20)17(3)25-22(23)15-18/h13-15,19-20,24H,3-12H2,1-2H3/t19-,20?/m0/s1. The lowest BCUT2D eigenvalue weighted by Crippen LogP contribution is -2.25. The Morgan fingerprint density at radius 2 is 1.92 bits per heavy atom. The third-order valence-electron chi connectivity index (χ3n) is 5.73. The molecule has 0 saturated carbocycles. The minimum Gasteiger partial charge on any atom is -0.507 e. The van der Waals surface area contributed by atoms with Gasteiger partial charge in [0.2, 0.25) is 0 Å². The maximum absolute atomic E-state index is 10.7. The maximum Gasteiger partial charge on any atom is 0.134 e. The van der Waals surface area contributed by atoms with Gasteiger partial charge in [-0.3, -0.25) is 0 Å². The molecule has 0 bridgehead atoms. The fourth-order valence-corrected chi connectivity index (χ4v) is 4.27. The van der Waals surface area contributed by atoms with Gasteiger partial charge in [0.15, 0.2) is 0 Å². The van der Waals surface area contributed by atoms with Crippen LogP contribution in [-0.4, -0.2) is 5.11 Å². The highest BCUT2D eigenvalue weighted by Crippen LogP contribution is 2.51. The number of phenols is 1. The van der Waals surface area contributed by atoms with E-state index in [1.165, 1.54) is 49.7 Å². The fourth-order valence-electron chi connectivity index (χ4n) is 4.27. The highest BCUT2D eigenvalue weighted by Gasteiger charge is 2.36. The predicted molar refractivity (Wildman–Crippen MR) is 104 cm³/mol. The summed E-state index contributed by atoms with van der Waals surface area (Å²) in [6, 6.07) is 4.08. The Labute approximate surface area is 152 Å². The molecule has 3 rings (SSSR count). The van der Waals surface area contributed by atoms with E-state index in [0.29, 0.717) is 11.7 Å². The van der Waals surface area contributed by atoms with Crippen molar-refractivity contribution in [3.8, 4) is 11.5 Å². The first kappa shape index (κ1) is 18.1. The molecule has 136 valence electrons.